The standard InChI is InChI=1S/C61H37NOS/c1-4-17-44-38(14-1)30-34-50-51-37-42(33-35-57(51)63-59(44)50)62(56-36-40-15-2-3-16-43(40)46-18-5-6-21-49(46)56)41-31-28-39(29-32-41)45-22-13-26-55-60(45)64-58-27-12-11-25-54(58)61(55)52-23-9-7-19-47(52)48-20-8-10-24-53(48)61/h1-37H. The summed E-state index contributed by atoms with van der Waals surface area (Å²) in [5.74, 6) is 0. The SMILES string of the molecule is c1ccc2c(c1)Sc1c(-c3ccc(N(c4ccc5oc6c7ccccc7ccc6c5c4)c4cc5ccccc5c5ccccc45)cc3)cccc1C21c2ccccc2-c2ccccc21. The lowest BCUT2D eigenvalue weighted by Gasteiger charge is -2.40. The normalized spacial score (nSPS) is 13.4. The van der Waals surface area contributed by atoms with Crippen molar-refractivity contribution in [3.8, 4) is 22.3 Å². The topological polar surface area (TPSA) is 16.4 Å². The van der Waals surface area contributed by atoms with E-state index in [9.17, 15) is 0 Å². The Kier molecular flexibility index (Phi) is 7.57. The molecule has 0 atom stereocenters. The molecule has 298 valence electrons. The number of nitrogens with zero attached hydrogens (tertiary/aromatic N) is 1. The number of fused-ring (bicyclic) bond motifs is 17. The average Bonchev–Trinajstić information content (AvgIpc) is 3.88. The van der Waals surface area contributed by atoms with Gasteiger partial charge >= 0.3 is 0 Å². The molecule has 0 amide bonds. The second-order valence-electron chi connectivity index (χ2n) is 17.1. The van der Waals surface area contributed by atoms with Crippen LogP contribution in [-0.4, -0.2) is 0 Å². The van der Waals surface area contributed by atoms with Gasteiger partial charge in [-0.2, -0.15) is 0 Å². The Labute approximate surface area is 374 Å². The number of benzene rings is 11. The van der Waals surface area contributed by atoms with E-state index in [4.69, 9.17) is 4.42 Å². The quantitative estimate of drug-likeness (QED) is 0.164. The number of hydrogen-bond acceptors (Lipinski definition) is 3. The number of rotatable bonds is 4. The molecular formula is C61H37NOS. The van der Waals surface area contributed by atoms with Crippen molar-refractivity contribution in [2.45, 2.75) is 15.2 Å². The third-order valence-electron chi connectivity index (χ3n) is 13.9. The molecule has 2 heterocycles. The van der Waals surface area contributed by atoms with Gasteiger partial charge in [0.05, 0.1) is 11.1 Å². The molecule has 0 saturated carbocycles. The monoisotopic (exact) mass is 831 g/mol. The maximum Gasteiger partial charge on any atom is 0.143 e. The first-order chi connectivity index (χ1) is 31.7. The molecule has 11 aromatic carbocycles. The first kappa shape index (κ1) is 35.7. The lowest BCUT2D eigenvalue weighted by molar-refractivity contribution is 0.672. The number of hydrogen-bond donors (Lipinski definition) is 0. The zero-order chi connectivity index (χ0) is 41.9. The molecule has 64 heavy (non-hydrogen) atoms. The van der Waals surface area contributed by atoms with Crippen LogP contribution in [0.15, 0.2) is 239 Å². The highest BCUT2D eigenvalue weighted by Gasteiger charge is 2.50. The fraction of sp³-hybridized carbons (Fsp3) is 0.0164. The Morgan fingerprint density at radius 1 is 0.375 bits per heavy atom. The van der Waals surface area contributed by atoms with Gasteiger partial charge in [0.2, 0.25) is 0 Å². The van der Waals surface area contributed by atoms with Gasteiger partial charge in [0, 0.05) is 42.7 Å². The molecule has 0 N–H and O–H groups in total. The third kappa shape index (κ3) is 4.93. The molecule has 2 aliphatic rings. The van der Waals surface area contributed by atoms with Crippen molar-refractivity contribution < 1.29 is 4.42 Å². The van der Waals surface area contributed by atoms with Gasteiger partial charge in [-0.1, -0.05) is 188 Å². The van der Waals surface area contributed by atoms with Gasteiger partial charge in [-0.05, 0) is 115 Å². The fourth-order valence-corrected chi connectivity index (χ4v) is 12.5. The van der Waals surface area contributed by atoms with E-state index < -0.39 is 5.41 Å². The summed E-state index contributed by atoms with van der Waals surface area (Å²) < 4.78 is 6.63. The lowest BCUT2D eigenvalue weighted by atomic mass is 9.67. The largest absolute Gasteiger partial charge is 0.455 e. The first-order valence-electron chi connectivity index (χ1n) is 22.0. The molecule has 0 unspecified atom stereocenters. The Bertz CT molecular complexity index is 3850. The van der Waals surface area contributed by atoms with Crippen LogP contribution >= 0.6 is 11.8 Å². The van der Waals surface area contributed by atoms with E-state index in [1.54, 1.807) is 0 Å². The predicted molar refractivity (Wildman–Crippen MR) is 268 cm³/mol. The minimum Gasteiger partial charge on any atom is -0.455 e. The van der Waals surface area contributed by atoms with Crippen LogP contribution in [0.4, 0.5) is 17.1 Å². The van der Waals surface area contributed by atoms with E-state index in [1.807, 2.05) is 11.8 Å². The molecule has 1 spiro atoms. The van der Waals surface area contributed by atoms with E-state index in [0.717, 1.165) is 44.4 Å². The summed E-state index contributed by atoms with van der Waals surface area (Å²) in [6.45, 7) is 0. The molecule has 3 heteroatoms. The highest BCUT2D eigenvalue weighted by molar-refractivity contribution is 7.99. The van der Waals surface area contributed by atoms with E-state index in [2.05, 4.69) is 229 Å². The van der Waals surface area contributed by atoms with E-state index in [0.29, 0.717) is 0 Å². The van der Waals surface area contributed by atoms with Gasteiger partial charge in [-0.15, -0.1) is 0 Å². The molecule has 1 aliphatic carbocycles. The van der Waals surface area contributed by atoms with E-state index >= 15 is 0 Å². The molecule has 0 fully saturated rings. The van der Waals surface area contributed by atoms with Gasteiger partial charge in [0.15, 0.2) is 0 Å². The van der Waals surface area contributed by atoms with Crippen molar-refractivity contribution >= 4 is 83.1 Å². The highest BCUT2D eigenvalue weighted by Crippen LogP contribution is 2.63. The number of anilines is 3. The predicted octanol–water partition coefficient (Wildman–Crippen LogP) is 17.0. The molecule has 1 aromatic heterocycles. The van der Waals surface area contributed by atoms with Crippen LogP contribution in [-0.2, 0) is 5.41 Å². The zero-order valence-corrected chi connectivity index (χ0v) is 35.4. The van der Waals surface area contributed by atoms with Crippen molar-refractivity contribution in [2.75, 3.05) is 4.90 Å². The fourth-order valence-electron chi connectivity index (χ4n) is 11.2. The van der Waals surface area contributed by atoms with Gasteiger partial charge in [-0.3, -0.25) is 0 Å². The average molecular weight is 832 g/mol. The molecule has 0 bridgehead atoms. The third-order valence-corrected chi connectivity index (χ3v) is 15.1. The summed E-state index contributed by atoms with van der Waals surface area (Å²) in [5.41, 5.74) is 15.1. The second-order valence-corrected chi connectivity index (χ2v) is 18.2. The van der Waals surface area contributed by atoms with Crippen LogP contribution in [0.3, 0.4) is 0 Å². The van der Waals surface area contributed by atoms with Gasteiger partial charge in [0.1, 0.15) is 11.2 Å². The van der Waals surface area contributed by atoms with Gasteiger partial charge in [0.25, 0.3) is 0 Å². The summed E-state index contributed by atoms with van der Waals surface area (Å²) in [5, 5.41) is 9.40. The maximum absolute atomic E-state index is 6.63. The van der Waals surface area contributed by atoms with Crippen LogP contribution in [0.25, 0.3) is 76.5 Å². The summed E-state index contributed by atoms with van der Waals surface area (Å²) in [7, 11) is 0. The van der Waals surface area contributed by atoms with Gasteiger partial charge in [-0.25, -0.2) is 0 Å². The summed E-state index contributed by atoms with van der Waals surface area (Å²) in [6.07, 6.45) is 0. The summed E-state index contributed by atoms with van der Waals surface area (Å²) in [4.78, 5) is 5.04. The minimum atomic E-state index is -0.420. The van der Waals surface area contributed by atoms with Crippen molar-refractivity contribution in [3.63, 3.8) is 0 Å². The van der Waals surface area contributed by atoms with Crippen molar-refractivity contribution in [2.24, 2.45) is 0 Å². The molecule has 1 aliphatic heterocycles. The molecule has 0 saturated heterocycles. The Hall–Kier alpha value is -7.85. The van der Waals surface area contributed by atoms with Crippen LogP contribution in [0.2, 0.25) is 0 Å². The maximum atomic E-state index is 6.63. The van der Waals surface area contributed by atoms with Crippen LogP contribution in [0.1, 0.15) is 22.3 Å². The lowest BCUT2D eigenvalue weighted by Crippen LogP contribution is -2.32. The van der Waals surface area contributed by atoms with E-state index in [-0.39, 0.29) is 0 Å². The summed E-state index contributed by atoms with van der Waals surface area (Å²) in [6, 6.07) is 82.8. The molecule has 12 aromatic rings. The molecule has 14 rings (SSSR count). The van der Waals surface area contributed by atoms with Crippen molar-refractivity contribution in [1.82, 2.24) is 0 Å². The second kappa shape index (κ2) is 13.6. The van der Waals surface area contributed by atoms with Crippen LogP contribution < -0.4 is 4.90 Å². The number of furan rings is 1. The molecular weight excluding hydrogens is 795 g/mol. The minimum absolute atomic E-state index is 0.420. The van der Waals surface area contributed by atoms with Crippen molar-refractivity contribution in [1.29, 1.82) is 0 Å². The summed E-state index contributed by atoms with van der Waals surface area (Å²) >= 11 is 1.90. The van der Waals surface area contributed by atoms with Crippen LogP contribution in [0, 0.1) is 0 Å². The Morgan fingerprint density at radius 2 is 0.984 bits per heavy atom. The highest BCUT2D eigenvalue weighted by atomic mass is 32.2. The van der Waals surface area contributed by atoms with Gasteiger partial charge < -0.3 is 9.32 Å². The smallest absolute Gasteiger partial charge is 0.143 e. The van der Waals surface area contributed by atoms with Crippen LogP contribution in [0.5, 0.6) is 0 Å². The molecule has 0 radical (unpaired) electrons. The van der Waals surface area contributed by atoms with E-state index in [1.165, 1.54) is 81.2 Å². The molecule has 2 nitrogen and oxygen atoms in total. The zero-order valence-electron chi connectivity index (χ0n) is 34.6. The Balaban J connectivity index is 0.970. The van der Waals surface area contributed by atoms with Crippen molar-refractivity contribution in [3.05, 3.63) is 247 Å². The Morgan fingerprint density at radius 3 is 1.78 bits per heavy atom. The first-order valence-corrected chi connectivity index (χ1v) is 22.8.